The van der Waals surface area contributed by atoms with Gasteiger partial charge in [0.25, 0.3) is 5.91 Å². The van der Waals surface area contributed by atoms with Crippen LogP contribution in [0.5, 0.6) is 0 Å². The first kappa shape index (κ1) is 17.2. The van der Waals surface area contributed by atoms with Gasteiger partial charge in [-0.1, -0.05) is 0 Å². The fourth-order valence-electron chi connectivity index (χ4n) is 2.72. The molecule has 1 aliphatic carbocycles. The molecule has 1 atom stereocenters. The number of nitrogens with one attached hydrogen (secondary N) is 2. The van der Waals surface area contributed by atoms with Crippen molar-refractivity contribution in [1.82, 2.24) is 0 Å². The number of nitrogens with two attached hydrogens (primary N) is 1. The Morgan fingerprint density at radius 3 is 2.62 bits per heavy atom. The number of hydrogen-bond donors (Lipinski definition) is 4. The van der Waals surface area contributed by atoms with Gasteiger partial charge < -0.3 is 16.2 Å². The summed E-state index contributed by atoms with van der Waals surface area (Å²) in [6, 6.07) is 6.93. The molecule has 126 valence electrons. The third kappa shape index (κ3) is 3.70. The summed E-state index contributed by atoms with van der Waals surface area (Å²) in [7, 11) is 0. The van der Waals surface area contributed by atoms with E-state index in [2.05, 4.69) is 33.2 Å². The van der Waals surface area contributed by atoms with Gasteiger partial charge in [0.1, 0.15) is 5.00 Å². The molecule has 3 amide bonds. The second-order valence-corrected chi connectivity index (χ2v) is 7.91. The maximum Gasteiger partial charge on any atom is 0.324 e. The number of primary amides is 1. The molecule has 1 heterocycles. The number of aliphatic hydroxyl groups is 1. The lowest BCUT2D eigenvalue weighted by Gasteiger charge is -2.17. The molecule has 1 unspecified atom stereocenters. The molecule has 0 saturated heterocycles. The van der Waals surface area contributed by atoms with E-state index in [-0.39, 0.29) is 0 Å². The van der Waals surface area contributed by atoms with Crippen LogP contribution in [-0.4, -0.2) is 23.1 Å². The summed E-state index contributed by atoms with van der Waals surface area (Å²) < 4.78 is 1.07. The SMILES string of the molecule is NC(=O)c1c(NC(=O)Nc2ccc(I)cc2)sc2c1CCC(O)C2. The third-order valence-electron chi connectivity index (χ3n) is 3.81. The second kappa shape index (κ2) is 7.08. The standard InChI is InChI=1S/C16H16IN3O3S/c17-8-1-3-9(4-2-8)19-16(23)20-15-13(14(18)22)11-6-5-10(21)7-12(11)24-15/h1-4,10,21H,5-7H2,(H2,18,22)(H2,19,20,23). The summed E-state index contributed by atoms with van der Waals surface area (Å²) in [5.41, 5.74) is 7.36. The molecule has 6 nitrogen and oxygen atoms in total. The number of urea groups is 1. The first-order valence-electron chi connectivity index (χ1n) is 7.40. The normalized spacial score (nSPS) is 16.3. The van der Waals surface area contributed by atoms with Crippen molar-refractivity contribution < 1.29 is 14.7 Å². The van der Waals surface area contributed by atoms with Gasteiger partial charge in [-0.15, -0.1) is 11.3 Å². The second-order valence-electron chi connectivity index (χ2n) is 5.55. The number of benzene rings is 1. The fourth-order valence-corrected chi connectivity index (χ4v) is 4.39. The van der Waals surface area contributed by atoms with Crippen molar-refractivity contribution in [2.45, 2.75) is 25.4 Å². The van der Waals surface area contributed by atoms with Crippen LogP contribution in [0.4, 0.5) is 15.5 Å². The Morgan fingerprint density at radius 2 is 1.96 bits per heavy atom. The Hall–Kier alpha value is -1.65. The maximum atomic E-state index is 12.2. The predicted octanol–water partition coefficient (Wildman–Crippen LogP) is 2.95. The van der Waals surface area contributed by atoms with Gasteiger partial charge in [0.2, 0.25) is 0 Å². The first-order chi connectivity index (χ1) is 11.4. The molecule has 0 radical (unpaired) electrons. The molecule has 2 aromatic rings. The highest BCUT2D eigenvalue weighted by Gasteiger charge is 2.27. The lowest BCUT2D eigenvalue weighted by Crippen LogP contribution is -2.23. The number of rotatable bonds is 3. The first-order valence-corrected chi connectivity index (χ1v) is 9.29. The van der Waals surface area contributed by atoms with Gasteiger partial charge in [0, 0.05) is 20.6 Å². The number of fused-ring (bicyclic) bond motifs is 1. The number of amides is 3. The molecule has 1 aromatic carbocycles. The zero-order chi connectivity index (χ0) is 17.3. The number of anilines is 2. The molecule has 1 aliphatic rings. The third-order valence-corrected chi connectivity index (χ3v) is 5.70. The molecule has 0 fully saturated rings. The molecule has 5 N–H and O–H groups in total. The summed E-state index contributed by atoms with van der Waals surface area (Å²) >= 11 is 3.49. The number of aliphatic hydroxyl groups excluding tert-OH is 1. The van der Waals surface area contributed by atoms with Crippen LogP contribution in [0, 0.1) is 3.57 Å². The van der Waals surface area contributed by atoms with Crippen LogP contribution in [0.3, 0.4) is 0 Å². The van der Waals surface area contributed by atoms with Crippen LogP contribution in [0.1, 0.15) is 27.2 Å². The Kier molecular flexibility index (Phi) is 5.07. The summed E-state index contributed by atoms with van der Waals surface area (Å²) in [6.45, 7) is 0. The number of halogens is 1. The van der Waals surface area contributed by atoms with E-state index in [1.165, 1.54) is 11.3 Å². The monoisotopic (exact) mass is 457 g/mol. The van der Waals surface area contributed by atoms with Gasteiger partial charge in [0.15, 0.2) is 0 Å². The van der Waals surface area contributed by atoms with Crippen molar-refractivity contribution in [3.63, 3.8) is 0 Å². The van der Waals surface area contributed by atoms with Crippen molar-refractivity contribution >= 4 is 56.6 Å². The number of carbonyl (C=O) groups is 2. The molecule has 8 heteroatoms. The van der Waals surface area contributed by atoms with Crippen molar-refractivity contribution in [2.24, 2.45) is 5.73 Å². The van der Waals surface area contributed by atoms with Gasteiger partial charge >= 0.3 is 6.03 Å². The lowest BCUT2D eigenvalue weighted by atomic mass is 9.93. The molecule has 1 aromatic heterocycles. The van der Waals surface area contributed by atoms with Crippen LogP contribution >= 0.6 is 33.9 Å². The molecular weight excluding hydrogens is 441 g/mol. The number of carbonyl (C=O) groups excluding carboxylic acids is 2. The van der Waals surface area contributed by atoms with E-state index < -0.39 is 18.0 Å². The van der Waals surface area contributed by atoms with Crippen molar-refractivity contribution in [3.8, 4) is 0 Å². The Balaban J connectivity index is 1.80. The average molecular weight is 457 g/mol. The van der Waals surface area contributed by atoms with Crippen molar-refractivity contribution in [1.29, 1.82) is 0 Å². The van der Waals surface area contributed by atoms with Crippen molar-refractivity contribution in [3.05, 3.63) is 43.8 Å². The zero-order valence-electron chi connectivity index (χ0n) is 12.6. The summed E-state index contributed by atoms with van der Waals surface area (Å²) in [4.78, 5) is 24.9. The molecule has 0 aliphatic heterocycles. The van der Waals surface area contributed by atoms with E-state index in [1.54, 1.807) is 12.1 Å². The van der Waals surface area contributed by atoms with E-state index in [9.17, 15) is 14.7 Å². The zero-order valence-corrected chi connectivity index (χ0v) is 15.6. The molecule has 0 saturated carbocycles. The van der Waals surface area contributed by atoms with Crippen LogP contribution in [-0.2, 0) is 12.8 Å². The highest BCUT2D eigenvalue weighted by Crippen LogP contribution is 2.38. The summed E-state index contributed by atoms with van der Waals surface area (Å²) in [6.07, 6.45) is 1.26. The smallest absolute Gasteiger partial charge is 0.324 e. The Bertz CT molecular complexity index is 789. The minimum atomic E-state index is -0.562. The number of hydrogen-bond acceptors (Lipinski definition) is 4. The van der Waals surface area contributed by atoms with E-state index >= 15 is 0 Å². The molecule has 3 rings (SSSR count). The van der Waals surface area contributed by atoms with E-state index in [0.29, 0.717) is 35.5 Å². The molecular formula is C16H16IN3O3S. The van der Waals surface area contributed by atoms with Gasteiger partial charge in [0.05, 0.1) is 11.7 Å². The topological polar surface area (TPSA) is 104 Å². The number of thiophene rings is 1. The summed E-state index contributed by atoms with van der Waals surface area (Å²) in [5, 5.41) is 15.7. The average Bonchev–Trinajstić information content (AvgIpc) is 2.86. The van der Waals surface area contributed by atoms with Crippen LogP contribution in [0.2, 0.25) is 0 Å². The van der Waals surface area contributed by atoms with Crippen LogP contribution < -0.4 is 16.4 Å². The predicted molar refractivity (Wildman–Crippen MR) is 103 cm³/mol. The molecule has 0 bridgehead atoms. The van der Waals surface area contributed by atoms with Gasteiger partial charge in [-0.25, -0.2) is 4.79 Å². The summed E-state index contributed by atoms with van der Waals surface area (Å²) in [5.74, 6) is -0.562. The minimum Gasteiger partial charge on any atom is -0.393 e. The van der Waals surface area contributed by atoms with E-state index in [0.717, 1.165) is 14.0 Å². The van der Waals surface area contributed by atoms with Gasteiger partial charge in [-0.3, -0.25) is 10.1 Å². The van der Waals surface area contributed by atoms with E-state index in [4.69, 9.17) is 5.73 Å². The van der Waals surface area contributed by atoms with Gasteiger partial charge in [-0.05, 0) is 65.3 Å². The quantitative estimate of drug-likeness (QED) is 0.533. The molecule has 0 spiro atoms. The van der Waals surface area contributed by atoms with Crippen LogP contribution in [0.25, 0.3) is 0 Å². The fraction of sp³-hybridized carbons (Fsp3) is 0.250. The Morgan fingerprint density at radius 1 is 1.25 bits per heavy atom. The Labute approximate surface area is 156 Å². The van der Waals surface area contributed by atoms with Crippen molar-refractivity contribution in [2.75, 3.05) is 10.6 Å². The lowest BCUT2D eigenvalue weighted by molar-refractivity contribution is 0.0999. The minimum absolute atomic E-state index is 0.361. The van der Waals surface area contributed by atoms with Gasteiger partial charge in [-0.2, -0.15) is 0 Å². The largest absolute Gasteiger partial charge is 0.393 e. The van der Waals surface area contributed by atoms with Crippen LogP contribution in [0.15, 0.2) is 24.3 Å². The highest BCUT2D eigenvalue weighted by atomic mass is 127. The maximum absolute atomic E-state index is 12.2. The van der Waals surface area contributed by atoms with E-state index in [1.807, 2.05) is 12.1 Å². The molecule has 24 heavy (non-hydrogen) atoms. The highest BCUT2D eigenvalue weighted by molar-refractivity contribution is 14.1.